The van der Waals surface area contributed by atoms with Gasteiger partial charge in [-0.1, -0.05) is 6.07 Å². The van der Waals surface area contributed by atoms with E-state index < -0.39 is 0 Å². The molecule has 0 amide bonds. The van der Waals surface area contributed by atoms with Crippen molar-refractivity contribution in [3.63, 3.8) is 0 Å². The summed E-state index contributed by atoms with van der Waals surface area (Å²) in [5.74, 6) is 0.322. The Balaban J connectivity index is 2.06. The van der Waals surface area contributed by atoms with Gasteiger partial charge in [0, 0.05) is 32.7 Å². The Bertz CT molecular complexity index is 420. The summed E-state index contributed by atoms with van der Waals surface area (Å²) >= 11 is 0. The fourth-order valence-electron chi connectivity index (χ4n) is 2.40. The van der Waals surface area contributed by atoms with Crippen LogP contribution in [0.5, 0.6) is 11.5 Å². The number of hydrogen-bond acceptors (Lipinski definition) is 4. The Labute approximate surface area is 113 Å². The van der Waals surface area contributed by atoms with Gasteiger partial charge in [-0.15, -0.1) is 0 Å². The molecule has 0 aromatic heterocycles. The zero-order chi connectivity index (χ0) is 13.7. The summed E-state index contributed by atoms with van der Waals surface area (Å²) in [4.78, 5) is 2.39. The molecule has 1 fully saturated rings. The quantitative estimate of drug-likeness (QED) is 0.872. The van der Waals surface area contributed by atoms with E-state index in [1.807, 2.05) is 0 Å². The van der Waals surface area contributed by atoms with Crippen molar-refractivity contribution in [1.82, 2.24) is 10.2 Å². The lowest BCUT2D eigenvalue weighted by atomic mass is 10.1. The highest BCUT2D eigenvalue weighted by Crippen LogP contribution is 2.33. The van der Waals surface area contributed by atoms with Crippen LogP contribution < -0.4 is 14.8 Å². The first-order valence-corrected chi connectivity index (χ1v) is 6.58. The lowest BCUT2D eigenvalue weighted by Gasteiger charge is -2.27. The zero-order valence-corrected chi connectivity index (χ0v) is 11.5. The van der Waals surface area contributed by atoms with Crippen molar-refractivity contribution in [2.75, 3.05) is 46.9 Å². The molecular weight excluding hydrogens is 247 g/mol. The molecule has 1 heterocycles. The standard InChI is InChI=1S/C14H21FN2O2/c1-18-13-11(3-4-12(15)14(13)19-2)5-8-17-9-6-16-7-10-17/h3-4,16H,5-10H2,1-2H3. The topological polar surface area (TPSA) is 33.7 Å². The first-order valence-electron chi connectivity index (χ1n) is 6.58. The normalized spacial score (nSPS) is 16.4. The maximum absolute atomic E-state index is 13.6. The summed E-state index contributed by atoms with van der Waals surface area (Å²) in [6, 6.07) is 3.22. The van der Waals surface area contributed by atoms with Gasteiger partial charge < -0.3 is 19.7 Å². The summed E-state index contributed by atoms with van der Waals surface area (Å²) in [6.07, 6.45) is 0.833. The molecule has 1 saturated heterocycles. The van der Waals surface area contributed by atoms with Crippen molar-refractivity contribution in [3.8, 4) is 11.5 Å². The highest BCUT2D eigenvalue weighted by Gasteiger charge is 2.16. The first-order chi connectivity index (χ1) is 9.26. The predicted molar refractivity (Wildman–Crippen MR) is 72.5 cm³/mol. The number of benzene rings is 1. The monoisotopic (exact) mass is 268 g/mol. The third-order valence-electron chi connectivity index (χ3n) is 3.46. The first kappa shape index (κ1) is 14.1. The van der Waals surface area contributed by atoms with Crippen LogP contribution in [0.4, 0.5) is 4.39 Å². The molecule has 1 aromatic rings. The average Bonchev–Trinajstić information content (AvgIpc) is 2.46. The number of nitrogens with one attached hydrogen (secondary N) is 1. The Morgan fingerprint density at radius 1 is 1.16 bits per heavy atom. The van der Waals surface area contributed by atoms with Crippen LogP contribution in [0.3, 0.4) is 0 Å². The second-order valence-electron chi connectivity index (χ2n) is 4.61. The van der Waals surface area contributed by atoms with E-state index in [2.05, 4.69) is 10.2 Å². The summed E-state index contributed by atoms with van der Waals surface area (Å²) in [5.41, 5.74) is 0.985. The summed E-state index contributed by atoms with van der Waals surface area (Å²) in [6.45, 7) is 5.13. The molecule has 0 spiro atoms. The largest absolute Gasteiger partial charge is 0.492 e. The Hall–Kier alpha value is -1.33. The number of piperazine rings is 1. The number of halogens is 1. The van der Waals surface area contributed by atoms with E-state index in [9.17, 15) is 4.39 Å². The number of methoxy groups -OCH3 is 2. The molecule has 4 nitrogen and oxygen atoms in total. The van der Waals surface area contributed by atoms with Gasteiger partial charge in [0.25, 0.3) is 0 Å². The summed E-state index contributed by atoms with van der Waals surface area (Å²) < 4.78 is 24.0. The Morgan fingerprint density at radius 2 is 1.84 bits per heavy atom. The zero-order valence-electron chi connectivity index (χ0n) is 11.5. The number of nitrogens with zero attached hydrogens (tertiary/aromatic N) is 1. The van der Waals surface area contributed by atoms with Gasteiger partial charge in [-0.3, -0.25) is 0 Å². The third kappa shape index (κ3) is 3.36. The minimum Gasteiger partial charge on any atom is -0.492 e. The highest BCUT2D eigenvalue weighted by atomic mass is 19.1. The molecule has 2 rings (SSSR count). The van der Waals surface area contributed by atoms with Gasteiger partial charge in [0.2, 0.25) is 0 Å². The van der Waals surface area contributed by atoms with Crippen LogP contribution in [0.2, 0.25) is 0 Å². The van der Waals surface area contributed by atoms with Crippen molar-refractivity contribution < 1.29 is 13.9 Å². The van der Waals surface area contributed by atoms with Gasteiger partial charge >= 0.3 is 0 Å². The predicted octanol–water partition coefficient (Wildman–Crippen LogP) is 1.29. The smallest absolute Gasteiger partial charge is 0.197 e. The molecule has 1 N–H and O–H groups in total. The minimum absolute atomic E-state index is 0.195. The van der Waals surface area contributed by atoms with Crippen molar-refractivity contribution in [3.05, 3.63) is 23.5 Å². The van der Waals surface area contributed by atoms with Crippen LogP contribution in [-0.4, -0.2) is 51.8 Å². The maximum atomic E-state index is 13.6. The van der Waals surface area contributed by atoms with Crippen molar-refractivity contribution >= 4 is 0 Å². The van der Waals surface area contributed by atoms with Gasteiger partial charge in [-0.25, -0.2) is 4.39 Å². The fraction of sp³-hybridized carbons (Fsp3) is 0.571. The van der Waals surface area contributed by atoms with E-state index in [4.69, 9.17) is 9.47 Å². The van der Waals surface area contributed by atoms with Gasteiger partial charge in [-0.2, -0.15) is 0 Å². The molecule has 0 atom stereocenters. The van der Waals surface area contributed by atoms with Gasteiger partial charge in [0.15, 0.2) is 17.3 Å². The van der Waals surface area contributed by atoms with Gasteiger partial charge in [-0.05, 0) is 18.1 Å². The van der Waals surface area contributed by atoms with E-state index in [0.29, 0.717) is 5.75 Å². The van der Waals surface area contributed by atoms with Gasteiger partial charge in [0.1, 0.15) is 0 Å². The number of rotatable bonds is 5. The van der Waals surface area contributed by atoms with Crippen molar-refractivity contribution in [2.24, 2.45) is 0 Å². The van der Waals surface area contributed by atoms with Crippen LogP contribution in [0.1, 0.15) is 5.56 Å². The molecule has 0 unspecified atom stereocenters. The molecular formula is C14H21FN2O2. The number of hydrogen-bond donors (Lipinski definition) is 1. The molecule has 0 aliphatic carbocycles. The fourth-order valence-corrected chi connectivity index (χ4v) is 2.40. The third-order valence-corrected chi connectivity index (χ3v) is 3.46. The minimum atomic E-state index is -0.384. The molecule has 1 aliphatic rings. The van der Waals surface area contributed by atoms with Crippen LogP contribution in [-0.2, 0) is 6.42 Å². The summed E-state index contributed by atoms with van der Waals surface area (Å²) in [5, 5.41) is 3.33. The van der Waals surface area contributed by atoms with E-state index in [1.165, 1.54) is 13.2 Å². The van der Waals surface area contributed by atoms with Gasteiger partial charge in [0.05, 0.1) is 14.2 Å². The average molecular weight is 268 g/mol. The lowest BCUT2D eigenvalue weighted by molar-refractivity contribution is 0.242. The van der Waals surface area contributed by atoms with E-state index in [-0.39, 0.29) is 11.6 Å². The Morgan fingerprint density at radius 3 is 2.47 bits per heavy atom. The maximum Gasteiger partial charge on any atom is 0.197 e. The molecule has 1 aliphatic heterocycles. The molecule has 5 heteroatoms. The highest BCUT2D eigenvalue weighted by molar-refractivity contribution is 5.47. The lowest BCUT2D eigenvalue weighted by Crippen LogP contribution is -2.44. The van der Waals surface area contributed by atoms with E-state index >= 15 is 0 Å². The molecule has 0 radical (unpaired) electrons. The van der Waals surface area contributed by atoms with E-state index in [1.54, 1.807) is 13.2 Å². The van der Waals surface area contributed by atoms with Crippen molar-refractivity contribution in [1.29, 1.82) is 0 Å². The Kier molecular flexibility index (Phi) is 4.99. The molecule has 19 heavy (non-hydrogen) atoms. The number of ether oxygens (including phenoxy) is 2. The second kappa shape index (κ2) is 6.73. The SMILES string of the molecule is COc1c(F)ccc(CCN2CCNCC2)c1OC. The van der Waals surface area contributed by atoms with Crippen LogP contribution >= 0.6 is 0 Å². The summed E-state index contributed by atoms with van der Waals surface area (Å²) in [7, 11) is 3.01. The van der Waals surface area contributed by atoms with Crippen LogP contribution in [0, 0.1) is 5.82 Å². The van der Waals surface area contributed by atoms with Crippen molar-refractivity contribution in [2.45, 2.75) is 6.42 Å². The molecule has 106 valence electrons. The second-order valence-corrected chi connectivity index (χ2v) is 4.61. The molecule has 0 saturated carbocycles. The van der Waals surface area contributed by atoms with Crippen LogP contribution in [0.15, 0.2) is 12.1 Å². The van der Waals surface area contributed by atoms with Crippen LogP contribution in [0.25, 0.3) is 0 Å². The molecule has 1 aromatic carbocycles. The van der Waals surface area contributed by atoms with E-state index in [0.717, 1.165) is 44.7 Å². The molecule has 0 bridgehead atoms.